The molecule has 1 heterocycles. The third-order valence-corrected chi connectivity index (χ3v) is 3.62. The highest BCUT2D eigenvalue weighted by Crippen LogP contribution is 2.17. The zero-order valence-corrected chi connectivity index (χ0v) is 12.0. The molecule has 0 radical (unpaired) electrons. The van der Waals surface area contributed by atoms with Crippen molar-refractivity contribution in [2.75, 3.05) is 17.7 Å². The molecule has 0 bridgehead atoms. The molecule has 2 aromatic rings. The maximum absolute atomic E-state index is 13.3. The average molecular weight is 294 g/mol. The summed E-state index contributed by atoms with van der Waals surface area (Å²) >= 11 is 1.47. The Balaban J connectivity index is 1.91. The van der Waals surface area contributed by atoms with Crippen LogP contribution in [0.15, 0.2) is 23.6 Å². The molecule has 1 aromatic heterocycles. The molecule has 0 aliphatic heterocycles. The molecule has 0 saturated carbocycles. The third kappa shape index (κ3) is 3.45. The van der Waals surface area contributed by atoms with Crippen molar-refractivity contribution < 1.29 is 9.18 Å². The fraction of sp³-hybridized carbons (Fsp3) is 0.231. The van der Waals surface area contributed by atoms with Crippen LogP contribution in [0.2, 0.25) is 0 Å². The van der Waals surface area contributed by atoms with Crippen molar-refractivity contribution in [2.24, 2.45) is 0 Å². The minimum atomic E-state index is -0.391. The predicted octanol–water partition coefficient (Wildman–Crippen LogP) is 2.95. The molecule has 0 fully saturated rings. The maximum atomic E-state index is 13.3. The number of anilines is 2. The third-order valence-electron chi connectivity index (χ3n) is 2.71. The highest BCUT2D eigenvalue weighted by molar-refractivity contribution is 7.13. The number of halogens is 1. The molecule has 2 rings (SSSR count). The second kappa shape index (κ2) is 6.33. The second-order valence-electron chi connectivity index (χ2n) is 4.11. The summed E-state index contributed by atoms with van der Waals surface area (Å²) in [6.45, 7) is 1.93. The topological polar surface area (TPSA) is 66.0 Å². The summed E-state index contributed by atoms with van der Waals surface area (Å²) in [4.78, 5) is 16.0. The van der Waals surface area contributed by atoms with E-state index < -0.39 is 6.03 Å². The van der Waals surface area contributed by atoms with Crippen molar-refractivity contribution in [1.82, 2.24) is 10.3 Å². The number of carbonyl (C=O) groups is 1. The van der Waals surface area contributed by atoms with E-state index in [0.29, 0.717) is 17.8 Å². The van der Waals surface area contributed by atoms with Gasteiger partial charge in [0.05, 0.1) is 12.2 Å². The first-order valence-corrected chi connectivity index (χ1v) is 6.90. The first-order valence-electron chi connectivity index (χ1n) is 6.02. The van der Waals surface area contributed by atoms with Crippen LogP contribution in [-0.2, 0) is 6.54 Å². The van der Waals surface area contributed by atoms with E-state index in [0.717, 1.165) is 10.8 Å². The lowest BCUT2D eigenvalue weighted by Crippen LogP contribution is -2.28. The van der Waals surface area contributed by atoms with Crippen molar-refractivity contribution in [1.29, 1.82) is 0 Å². The fourth-order valence-electron chi connectivity index (χ4n) is 1.58. The number of carbonyl (C=O) groups excluding carboxylic acids is 1. The Morgan fingerprint density at radius 1 is 1.45 bits per heavy atom. The molecular weight excluding hydrogens is 279 g/mol. The van der Waals surface area contributed by atoms with Crippen LogP contribution in [0.5, 0.6) is 0 Å². The van der Waals surface area contributed by atoms with E-state index in [-0.39, 0.29) is 5.82 Å². The summed E-state index contributed by atoms with van der Waals surface area (Å²) in [5.41, 5.74) is 1.64. The molecular formula is C13H15FN4OS. The summed E-state index contributed by atoms with van der Waals surface area (Å²) in [7, 11) is 1.79. The van der Waals surface area contributed by atoms with Crippen LogP contribution in [0.25, 0.3) is 0 Å². The maximum Gasteiger partial charge on any atom is 0.319 e. The number of nitrogens with zero attached hydrogens (tertiary/aromatic N) is 1. The number of amides is 2. The van der Waals surface area contributed by atoms with Gasteiger partial charge in [-0.2, -0.15) is 0 Å². The van der Waals surface area contributed by atoms with Crippen LogP contribution in [-0.4, -0.2) is 18.1 Å². The van der Waals surface area contributed by atoms with Gasteiger partial charge in [0.1, 0.15) is 5.82 Å². The van der Waals surface area contributed by atoms with Crippen LogP contribution in [0.4, 0.5) is 20.0 Å². The van der Waals surface area contributed by atoms with E-state index in [1.165, 1.54) is 17.4 Å². The Hall–Kier alpha value is -2.15. The summed E-state index contributed by atoms with van der Waals surface area (Å²) < 4.78 is 13.3. The molecule has 0 unspecified atom stereocenters. The van der Waals surface area contributed by atoms with E-state index in [1.807, 2.05) is 5.38 Å². The summed E-state index contributed by atoms with van der Waals surface area (Å²) in [6, 6.07) is 4.17. The van der Waals surface area contributed by atoms with Gasteiger partial charge in [-0.05, 0) is 19.1 Å². The number of urea groups is 1. The van der Waals surface area contributed by atoms with Crippen molar-refractivity contribution >= 4 is 28.2 Å². The molecule has 7 heteroatoms. The summed E-state index contributed by atoms with van der Waals surface area (Å²) in [5.74, 6) is -0.346. The Labute approximate surface area is 120 Å². The van der Waals surface area contributed by atoms with Gasteiger partial charge in [-0.1, -0.05) is 6.07 Å². The number of nitrogens with one attached hydrogen (secondary N) is 3. The number of rotatable bonds is 4. The van der Waals surface area contributed by atoms with Gasteiger partial charge < -0.3 is 16.0 Å². The summed E-state index contributed by atoms with van der Waals surface area (Å²) in [6.07, 6.45) is 0. The Kier molecular flexibility index (Phi) is 4.52. The lowest BCUT2D eigenvalue weighted by atomic mass is 10.2. The monoisotopic (exact) mass is 294 g/mol. The van der Waals surface area contributed by atoms with Gasteiger partial charge in [-0.25, -0.2) is 14.2 Å². The zero-order valence-electron chi connectivity index (χ0n) is 11.2. The quantitative estimate of drug-likeness (QED) is 0.812. The van der Waals surface area contributed by atoms with E-state index in [4.69, 9.17) is 0 Å². The van der Waals surface area contributed by atoms with Crippen LogP contribution < -0.4 is 16.0 Å². The molecule has 0 aliphatic rings. The number of aromatic nitrogens is 1. The smallest absolute Gasteiger partial charge is 0.319 e. The summed E-state index contributed by atoms with van der Waals surface area (Å²) in [5, 5.41) is 10.9. The van der Waals surface area contributed by atoms with Crippen LogP contribution in [0, 0.1) is 12.7 Å². The molecule has 106 valence electrons. The first kappa shape index (κ1) is 14.3. The van der Waals surface area contributed by atoms with Crippen LogP contribution in [0.3, 0.4) is 0 Å². The lowest BCUT2D eigenvalue weighted by molar-refractivity contribution is 0.251. The van der Waals surface area contributed by atoms with Crippen molar-refractivity contribution in [3.05, 3.63) is 40.7 Å². The molecule has 20 heavy (non-hydrogen) atoms. The van der Waals surface area contributed by atoms with Gasteiger partial charge >= 0.3 is 6.03 Å². The van der Waals surface area contributed by atoms with Crippen molar-refractivity contribution in [3.63, 3.8) is 0 Å². The molecule has 0 spiro atoms. The Morgan fingerprint density at radius 3 is 2.95 bits per heavy atom. The molecule has 0 aliphatic carbocycles. The van der Waals surface area contributed by atoms with E-state index in [9.17, 15) is 9.18 Å². The second-order valence-corrected chi connectivity index (χ2v) is 4.97. The minimum Gasteiger partial charge on any atom is -0.365 e. The number of benzene rings is 1. The molecule has 1 aromatic carbocycles. The van der Waals surface area contributed by atoms with Gasteiger partial charge in [0.25, 0.3) is 0 Å². The van der Waals surface area contributed by atoms with Crippen molar-refractivity contribution in [3.8, 4) is 0 Å². The standard InChI is InChI=1S/C13H15FN4OS/c1-8-10(14)4-3-5-11(8)18-12(19)16-6-9-7-20-13(15-2)17-9/h3-5,7H,6H2,1-2H3,(H,15,17)(H2,16,18,19). The Bertz CT molecular complexity index is 614. The molecule has 0 atom stereocenters. The van der Waals surface area contributed by atoms with E-state index in [1.54, 1.807) is 26.1 Å². The SMILES string of the molecule is CNc1nc(CNC(=O)Nc2cccc(F)c2C)cs1. The molecule has 5 nitrogen and oxygen atoms in total. The highest BCUT2D eigenvalue weighted by Gasteiger charge is 2.08. The Morgan fingerprint density at radius 2 is 2.25 bits per heavy atom. The largest absolute Gasteiger partial charge is 0.365 e. The number of hydrogen-bond donors (Lipinski definition) is 3. The van der Waals surface area contributed by atoms with Crippen LogP contribution >= 0.6 is 11.3 Å². The fourth-order valence-corrected chi connectivity index (χ4v) is 2.25. The highest BCUT2D eigenvalue weighted by atomic mass is 32.1. The molecule has 3 N–H and O–H groups in total. The predicted molar refractivity (Wildman–Crippen MR) is 78.7 cm³/mol. The van der Waals surface area contributed by atoms with Gasteiger partial charge in [0, 0.05) is 23.7 Å². The van der Waals surface area contributed by atoms with Gasteiger partial charge in [-0.15, -0.1) is 11.3 Å². The minimum absolute atomic E-state index is 0.318. The molecule has 2 amide bonds. The van der Waals surface area contributed by atoms with Crippen LogP contribution in [0.1, 0.15) is 11.3 Å². The van der Waals surface area contributed by atoms with E-state index >= 15 is 0 Å². The molecule has 0 saturated heterocycles. The number of thiazole rings is 1. The van der Waals surface area contributed by atoms with E-state index in [2.05, 4.69) is 20.9 Å². The first-order chi connectivity index (χ1) is 9.60. The van der Waals surface area contributed by atoms with Gasteiger partial charge in [0.2, 0.25) is 0 Å². The lowest BCUT2D eigenvalue weighted by Gasteiger charge is -2.09. The van der Waals surface area contributed by atoms with Crippen molar-refractivity contribution in [2.45, 2.75) is 13.5 Å². The normalized spacial score (nSPS) is 10.2. The average Bonchev–Trinajstić information content (AvgIpc) is 2.90. The zero-order chi connectivity index (χ0) is 14.5. The van der Waals surface area contributed by atoms with Gasteiger partial charge in [0.15, 0.2) is 5.13 Å². The van der Waals surface area contributed by atoms with Gasteiger partial charge in [-0.3, -0.25) is 0 Å². The number of hydrogen-bond acceptors (Lipinski definition) is 4.